The van der Waals surface area contributed by atoms with E-state index in [4.69, 9.17) is 0 Å². The number of likely N-dealkylation sites (tertiary alicyclic amines) is 1. The number of nitrogens with zero attached hydrogens (tertiary/aromatic N) is 2. The van der Waals surface area contributed by atoms with Crippen molar-refractivity contribution >= 4 is 11.6 Å². The zero-order valence-corrected chi connectivity index (χ0v) is 17.6. The minimum absolute atomic E-state index is 0.213. The predicted octanol–water partition coefficient (Wildman–Crippen LogP) is 5.33. The van der Waals surface area contributed by atoms with Gasteiger partial charge in [-0.2, -0.15) is 0 Å². The van der Waals surface area contributed by atoms with Crippen LogP contribution in [0.3, 0.4) is 0 Å². The molecule has 1 aliphatic rings. The fourth-order valence-electron chi connectivity index (χ4n) is 4.50. The normalized spacial score (nSPS) is 19.8. The summed E-state index contributed by atoms with van der Waals surface area (Å²) in [5.41, 5.74) is 2.43. The fraction of sp³-hybridized carbons (Fsp3) is 0.480. The van der Waals surface area contributed by atoms with Gasteiger partial charge in [-0.25, -0.2) is 0 Å². The summed E-state index contributed by atoms with van der Waals surface area (Å²) in [6, 6.07) is 21.2. The van der Waals surface area contributed by atoms with Crippen LogP contribution >= 0.6 is 0 Å². The monoisotopic (exact) mass is 378 g/mol. The van der Waals surface area contributed by atoms with Gasteiger partial charge in [-0.15, -0.1) is 0 Å². The van der Waals surface area contributed by atoms with E-state index >= 15 is 0 Å². The zero-order valence-electron chi connectivity index (χ0n) is 17.6. The number of hydrogen-bond donors (Lipinski definition) is 0. The summed E-state index contributed by atoms with van der Waals surface area (Å²) in [5, 5.41) is 0. The van der Waals surface area contributed by atoms with Gasteiger partial charge in [-0.1, -0.05) is 62.4 Å². The van der Waals surface area contributed by atoms with Crippen LogP contribution in [0.5, 0.6) is 0 Å². The number of para-hydroxylation sites is 1. The molecule has 3 nitrogen and oxygen atoms in total. The smallest absolute Gasteiger partial charge is 0.226 e. The predicted molar refractivity (Wildman–Crippen MR) is 118 cm³/mol. The molecule has 0 unspecified atom stereocenters. The van der Waals surface area contributed by atoms with Gasteiger partial charge in [0.15, 0.2) is 0 Å². The van der Waals surface area contributed by atoms with Crippen molar-refractivity contribution < 1.29 is 4.79 Å². The minimum Gasteiger partial charge on any atom is -0.309 e. The van der Waals surface area contributed by atoms with Crippen molar-refractivity contribution in [3.8, 4) is 0 Å². The molecule has 0 bridgehead atoms. The molecule has 3 rings (SSSR count). The van der Waals surface area contributed by atoms with E-state index in [1.807, 2.05) is 30.0 Å². The molecule has 0 radical (unpaired) electrons. The first-order chi connectivity index (χ1) is 13.6. The SMILES string of the molecule is CCC(=O)N(c1ccccc1)[C@H](C)[C@H]1CCCN(C[C@H](C)c2ccccc2)C1. The molecule has 2 aromatic rings. The molecule has 0 N–H and O–H groups in total. The van der Waals surface area contributed by atoms with E-state index in [9.17, 15) is 4.79 Å². The Bertz CT molecular complexity index is 731. The molecule has 0 aliphatic carbocycles. The average Bonchev–Trinajstić information content (AvgIpc) is 2.75. The summed E-state index contributed by atoms with van der Waals surface area (Å²) in [4.78, 5) is 17.4. The van der Waals surface area contributed by atoms with Crippen molar-refractivity contribution in [1.29, 1.82) is 0 Å². The van der Waals surface area contributed by atoms with E-state index in [1.165, 1.54) is 18.4 Å². The lowest BCUT2D eigenvalue weighted by atomic mass is 9.89. The minimum atomic E-state index is 0.213. The number of anilines is 1. The standard InChI is InChI=1S/C25H34N2O/c1-4-25(28)27(24-15-9-6-10-16-24)21(3)23-14-11-17-26(19-23)18-20(2)22-12-7-5-8-13-22/h5-10,12-13,15-16,20-21,23H,4,11,14,17-19H2,1-3H3/t20-,21+,23-/m0/s1. The Morgan fingerprint density at radius 2 is 1.71 bits per heavy atom. The Morgan fingerprint density at radius 1 is 1.07 bits per heavy atom. The van der Waals surface area contributed by atoms with Crippen LogP contribution in [-0.4, -0.2) is 36.5 Å². The highest BCUT2D eigenvalue weighted by Crippen LogP contribution is 2.29. The third-order valence-electron chi connectivity index (χ3n) is 6.14. The average molecular weight is 379 g/mol. The van der Waals surface area contributed by atoms with E-state index in [0.29, 0.717) is 18.3 Å². The number of rotatable bonds is 7. The van der Waals surface area contributed by atoms with Gasteiger partial charge in [0.25, 0.3) is 0 Å². The Balaban J connectivity index is 1.68. The Morgan fingerprint density at radius 3 is 2.36 bits per heavy atom. The van der Waals surface area contributed by atoms with E-state index in [2.05, 4.69) is 61.2 Å². The molecular formula is C25H34N2O. The van der Waals surface area contributed by atoms with Gasteiger partial charge in [0.2, 0.25) is 5.91 Å². The largest absolute Gasteiger partial charge is 0.309 e. The van der Waals surface area contributed by atoms with Gasteiger partial charge in [0, 0.05) is 31.2 Å². The summed E-state index contributed by atoms with van der Waals surface area (Å²) >= 11 is 0. The molecule has 1 amide bonds. The molecule has 2 aromatic carbocycles. The molecule has 150 valence electrons. The quantitative estimate of drug-likeness (QED) is 0.650. The van der Waals surface area contributed by atoms with Crippen molar-refractivity contribution in [3.63, 3.8) is 0 Å². The number of benzene rings is 2. The summed E-state index contributed by atoms with van der Waals surface area (Å²) in [7, 11) is 0. The molecule has 0 aromatic heterocycles. The van der Waals surface area contributed by atoms with Crippen molar-refractivity contribution in [2.24, 2.45) is 5.92 Å². The second-order valence-corrected chi connectivity index (χ2v) is 8.17. The lowest BCUT2D eigenvalue weighted by Crippen LogP contribution is -2.49. The maximum absolute atomic E-state index is 12.8. The highest BCUT2D eigenvalue weighted by molar-refractivity contribution is 5.93. The van der Waals surface area contributed by atoms with Gasteiger partial charge in [0.1, 0.15) is 0 Å². The lowest BCUT2D eigenvalue weighted by Gasteiger charge is -2.41. The first kappa shape index (κ1) is 20.6. The summed E-state index contributed by atoms with van der Waals surface area (Å²) in [5.74, 6) is 1.25. The molecular weight excluding hydrogens is 344 g/mol. The van der Waals surface area contributed by atoms with E-state index in [0.717, 1.165) is 25.3 Å². The summed E-state index contributed by atoms with van der Waals surface area (Å²) < 4.78 is 0. The zero-order chi connectivity index (χ0) is 19.9. The fourth-order valence-corrected chi connectivity index (χ4v) is 4.50. The first-order valence-electron chi connectivity index (χ1n) is 10.7. The number of hydrogen-bond acceptors (Lipinski definition) is 2. The first-order valence-corrected chi connectivity index (χ1v) is 10.7. The Hall–Kier alpha value is -2.13. The summed E-state index contributed by atoms with van der Waals surface area (Å²) in [6.45, 7) is 9.82. The summed E-state index contributed by atoms with van der Waals surface area (Å²) in [6.07, 6.45) is 2.94. The van der Waals surface area contributed by atoms with Gasteiger partial charge >= 0.3 is 0 Å². The van der Waals surface area contributed by atoms with Crippen molar-refractivity contribution in [2.75, 3.05) is 24.5 Å². The van der Waals surface area contributed by atoms with Crippen LogP contribution in [0.4, 0.5) is 5.69 Å². The van der Waals surface area contributed by atoms with Gasteiger partial charge in [-0.3, -0.25) is 4.79 Å². The van der Waals surface area contributed by atoms with E-state index < -0.39 is 0 Å². The molecule has 0 spiro atoms. The number of amides is 1. The van der Waals surface area contributed by atoms with Gasteiger partial charge in [-0.05, 0) is 55.8 Å². The molecule has 3 atom stereocenters. The third kappa shape index (κ3) is 5.02. The molecule has 1 saturated heterocycles. The molecule has 3 heteroatoms. The molecule has 0 saturated carbocycles. The van der Waals surface area contributed by atoms with Crippen LogP contribution in [0.1, 0.15) is 51.5 Å². The maximum atomic E-state index is 12.8. The second-order valence-electron chi connectivity index (χ2n) is 8.17. The molecule has 1 heterocycles. The number of piperidine rings is 1. The van der Waals surface area contributed by atoms with Crippen molar-refractivity contribution in [3.05, 3.63) is 66.2 Å². The van der Waals surface area contributed by atoms with Crippen LogP contribution in [0.15, 0.2) is 60.7 Å². The Kier molecular flexibility index (Phi) is 7.27. The van der Waals surface area contributed by atoms with Crippen LogP contribution in [-0.2, 0) is 4.79 Å². The highest BCUT2D eigenvalue weighted by Gasteiger charge is 2.31. The molecule has 28 heavy (non-hydrogen) atoms. The second kappa shape index (κ2) is 9.88. The molecule has 1 aliphatic heterocycles. The van der Waals surface area contributed by atoms with Gasteiger partial charge in [0.05, 0.1) is 0 Å². The van der Waals surface area contributed by atoms with Crippen LogP contribution in [0, 0.1) is 5.92 Å². The van der Waals surface area contributed by atoms with Gasteiger partial charge < -0.3 is 9.80 Å². The van der Waals surface area contributed by atoms with E-state index in [-0.39, 0.29) is 11.9 Å². The number of carbonyl (C=O) groups is 1. The van der Waals surface area contributed by atoms with Crippen LogP contribution in [0.2, 0.25) is 0 Å². The topological polar surface area (TPSA) is 23.6 Å². The van der Waals surface area contributed by atoms with Crippen molar-refractivity contribution in [1.82, 2.24) is 4.90 Å². The maximum Gasteiger partial charge on any atom is 0.226 e. The van der Waals surface area contributed by atoms with Crippen LogP contribution < -0.4 is 4.90 Å². The lowest BCUT2D eigenvalue weighted by molar-refractivity contribution is -0.119. The van der Waals surface area contributed by atoms with Crippen LogP contribution in [0.25, 0.3) is 0 Å². The highest BCUT2D eigenvalue weighted by atomic mass is 16.2. The van der Waals surface area contributed by atoms with E-state index in [1.54, 1.807) is 0 Å². The molecule has 1 fully saturated rings. The van der Waals surface area contributed by atoms with Crippen molar-refractivity contribution in [2.45, 2.75) is 52.0 Å². The third-order valence-corrected chi connectivity index (χ3v) is 6.14. The number of carbonyl (C=O) groups excluding carboxylic acids is 1. The Labute approximate surface area is 170 Å².